The van der Waals surface area contributed by atoms with E-state index in [0.717, 1.165) is 35.3 Å². The van der Waals surface area contributed by atoms with Crippen molar-refractivity contribution in [2.24, 2.45) is 5.73 Å². The monoisotopic (exact) mass is 450 g/mol. The summed E-state index contributed by atoms with van der Waals surface area (Å²) in [5, 5.41) is 1.75. The summed E-state index contributed by atoms with van der Waals surface area (Å²) in [4.78, 5) is 22.8. The second-order valence-corrected chi connectivity index (χ2v) is 8.73. The number of carbonyl (C=O) groups excluding carboxylic acids is 1. The normalized spacial score (nSPS) is 18.2. The van der Waals surface area contributed by atoms with Gasteiger partial charge >= 0.3 is 0 Å². The summed E-state index contributed by atoms with van der Waals surface area (Å²) in [6.07, 6.45) is 2.25. The third-order valence-electron chi connectivity index (χ3n) is 5.35. The molecule has 0 saturated carbocycles. The van der Waals surface area contributed by atoms with Crippen LogP contribution in [0.3, 0.4) is 0 Å². The molecule has 29 heavy (non-hydrogen) atoms. The number of benzene rings is 2. The third-order valence-corrected chi connectivity index (χ3v) is 6.18. The van der Waals surface area contributed by atoms with Crippen molar-refractivity contribution in [1.82, 2.24) is 14.9 Å². The van der Waals surface area contributed by atoms with Gasteiger partial charge in [0.2, 0.25) is 5.91 Å². The van der Waals surface area contributed by atoms with E-state index in [0.29, 0.717) is 34.6 Å². The molecule has 1 aliphatic rings. The number of rotatable bonds is 4. The van der Waals surface area contributed by atoms with Crippen LogP contribution in [0.5, 0.6) is 0 Å². The predicted octanol–water partition coefficient (Wildman–Crippen LogP) is 4.80. The number of nitrogens with two attached hydrogens (primary N) is 1. The molecule has 8 heteroatoms. The first-order valence-corrected chi connectivity index (χ1v) is 10.7. The van der Waals surface area contributed by atoms with Crippen molar-refractivity contribution >= 4 is 51.7 Å². The van der Waals surface area contributed by atoms with Gasteiger partial charge in [-0.05, 0) is 55.2 Å². The zero-order valence-electron chi connectivity index (χ0n) is 15.7. The first-order valence-electron chi connectivity index (χ1n) is 9.54. The first-order chi connectivity index (χ1) is 13.9. The lowest BCUT2D eigenvalue weighted by Crippen LogP contribution is -2.48. The summed E-state index contributed by atoms with van der Waals surface area (Å²) in [5.74, 6) is 0.958. The second-order valence-electron chi connectivity index (χ2n) is 7.45. The van der Waals surface area contributed by atoms with Gasteiger partial charge in [0.05, 0.1) is 17.1 Å². The highest BCUT2D eigenvalue weighted by Crippen LogP contribution is 2.28. The number of imidazole rings is 1. The van der Waals surface area contributed by atoms with Crippen molar-refractivity contribution in [3.8, 4) is 0 Å². The molecule has 152 valence electrons. The molecule has 5 nitrogen and oxygen atoms in total. The van der Waals surface area contributed by atoms with E-state index in [2.05, 4.69) is 4.98 Å². The van der Waals surface area contributed by atoms with Crippen LogP contribution in [-0.2, 0) is 11.2 Å². The number of fused-ring (bicyclic) bond motifs is 1. The molecule has 0 unspecified atom stereocenters. The number of nitrogens with zero attached hydrogens (tertiary/aromatic N) is 2. The Morgan fingerprint density at radius 1 is 1.21 bits per heavy atom. The van der Waals surface area contributed by atoms with Gasteiger partial charge in [-0.15, -0.1) is 0 Å². The number of hydrogen-bond donors (Lipinski definition) is 2. The summed E-state index contributed by atoms with van der Waals surface area (Å²) in [6.45, 7) is 1.29. The molecule has 0 radical (unpaired) electrons. The Labute approximate surface area is 184 Å². The second kappa shape index (κ2) is 8.52. The van der Waals surface area contributed by atoms with Crippen molar-refractivity contribution in [1.29, 1.82) is 0 Å². The number of halogens is 3. The highest BCUT2D eigenvalue weighted by molar-refractivity contribution is 6.35. The van der Waals surface area contributed by atoms with Gasteiger partial charge in [0.15, 0.2) is 0 Å². The van der Waals surface area contributed by atoms with Crippen LogP contribution in [-0.4, -0.2) is 39.9 Å². The SMILES string of the molecule is N[C@@H](Cc1ccc(Cl)cc1Cl)C(=O)N1CCC[C@H](c2nc3ccc(Cl)cc3[nH]2)C1. The number of nitrogens with one attached hydrogen (secondary N) is 1. The number of piperidine rings is 1. The fraction of sp³-hybridized carbons (Fsp3) is 0.333. The van der Waals surface area contributed by atoms with E-state index in [1.165, 1.54) is 0 Å². The Kier molecular flexibility index (Phi) is 6.02. The van der Waals surface area contributed by atoms with Gasteiger partial charge in [0.1, 0.15) is 5.82 Å². The number of amides is 1. The molecule has 1 aromatic heterocycles. The van der Waals surface area contributed by atoms with Crippen LogP contribution in [0.15, 0.2) is 36.4 Å². The van der Waals surface area contributed by atoms with Crippen LogP contribution in [0.4, 0.5) is 0 Å². The summed E-state index contributed by atoms with van der Waals surface area (Å²) in [6, 6.07) is 10.2. The summed E-state index contributed by atoms with van der Waals surface area (Å²) in [5.41, 5.74) is 8.83. The molecule has 1 fully saturated rings. The minimum absolute atomic E-state index is 0.0696. The molecule has 1 saturated heterocycles. The fourth-order valence-corrected chi connectivity index (χ4v) is 4.50. The standard InChI is InChI=1S/C21H21Cl3N4O/c22-14-4-3-12(16(24)9-14)8-17(25)21(29)28-7-1-2-13(11-28)20-26-18-6-5-15(23)10-19(18)27-20/h3-6,9-10,13,17H,1-2,7-8,11,25H2,(H,26,27)/t13-,17-/m0/s1. The molecular formula is C21H21Cl3N4O. The largest absolute Gasteiger partial charge is 0.342 e. The number of likely N-dealkylation sites (tertiary alicyclic amines) is 1. The van der Waals surface area contributed by atoms with Gasteiger partial charge in [-0.1, -0.05) is 40.9 Å². The molecule has 4 rings (SSSR count). The first kappa shape index (κ1) is 20.5. The summed E-state index contributed by atoms with van der Waals surface area (Å²) >= 11 is 18.2. The van der Waals surface area contributed by atoms with E-state index in [1.54, 1.807) is 12.1 Å². The zero-order valence-corrected chi connectivity index (χ0v) is 17.9. The van der Waals surface area contributed by atoms with E-state index in [9.17, 15) is 4.79 Å². The van der Waals surface area contributed by atoms with Crippen molar-refractivity contribution in [3.63, 3.8) is 0 Å². The molecule has 1 aliphatic heterocycles. The smallest absolute Gasteiger partial charge is 0.239 e. The lowest BCUT2D eigenvalue weighted by molar-refractivity contribution is -0.133. The molecule has 1 amide bonds. The number of aromatic amines is 1. The molecular weight excluding hydrogens is 431 g/mol. The topological polar surface area (TPSA) is 75.0 Å². The number of hydrogen-bond acceptors (Lipinski definition) is 3. The molecule has 2 aromatic carbocycles. The van der Waals surface area contributed by atoms with E-state index < -0.39 is 6.04 Å². The van der Waals surface area contributed by atoms with Crippen LogP contribution in [0.2, 0.25) is 15.1 Å². The van der Waals surface area contributed by atoms with Crippen LogP contribution in [0.1, 0.15) is 30.1 Å². The van der Waals surface area contributed by atoms with E-state index in [4.69, 9.17) is 45.5 Å². The molecule has 3 N–H and O–H groups in total. The molecule has 0 spiro atoms. The average molecular weight is 452 g/mol. The van der Waals surface area contributed by atoms with Crippen molar-refractivity contribution in [2.75, 3.05) is 13.1 Å². The quantitative estimate of drug-likeness (QED) is 0.598. The van der Waals surface area contributed by atoms with Crippen molar-refractivity contribution in [3.05, 3.63) is 62.9 Å². The summed E-state index contributed by atoms with van der Waals surface area (Å²) < 4.78 is 0. The molecule has 0 aliphatic carbocycles. The van der Waals surface area contributed by atoms with Crippen molar-refractivity contribution < 1.29 is 4.79 Å². The average Bonchev–Trinajstić information content (AvgIpc) is 3.13. The Morgan fingerprint density at radius 3 is 2.76 bits per heavy atom. The van der Waals surface area contributed by atoms with E-state index in [-0.39, 0.29) is 11.8 Å². The zero-order chi connectivity index (χ0) is 20.5. The van der Waals surface area contributed by atoms with Gasteiger partial charge in [0.25, 0.3) is 0 Å². The van der Waals surface area contributed by atoms with E-state index in [1.807, 2.05) is 29.2 Å². The van der Waals surface area contributed by atoms with Gasteiger partial charge < -0.3 is 15.6 Å². The molecule has 0 bridgehead atoms. The maximum absolute atomic E-state index is 13.0. The maximum atomic E-state index is 13.0. The predicted molar refractivity (Wildman–Crippen MR) is 118 cm³/mol. The molecule has 2 atom stereocenters. The minimum atomic E-state index is -0.651. The molecule has 2 heterocycles. The van der Waals surface area contributed by atoms with E-state index >= 15 is 0 Å². The number of carbonyl (C=O) groups is 1. The van der Waals surface area contributed by atoms with Crippen LogP contribution in [0.25, 0.3) is 11.0 Å². The Morgan fingerprint density at radius 2 is 1.97 bits per heavy atom. The Hall–Kier alpha value is -1.79. The lowest BCUT2D eigenvalue weighted by atomic mass is 9.96. The number of H-pyrrole nitrogens is 1. The lowest BCUT2D eigenvalue weighted by Gasteiger charge is -2.33. The van der Waals surface area contributed by atoms with Crippen LogP contribution >= 0.6 is 34.8 Å². The summed E-state index contributed by atoms with van der Waals surface area (Å²) in [7, 11) is 0. The minimum Gasteiger partial charge on any atom is -0.342 e. The Balaban J connectivity index is 1.46. The van der Waals surface area contributed by atoms with Gasteiger partial charge in [-0.3, -0.25) is 4.79 Å². The maximum Gasteiger partial charge on any atom is 0.239 e. The third kappa shape index (κ3) is 4.53. The van der Waals surface area contributed by atoms with Crippen LogP contribution in [0, 0.1) is 0 Å². The highest BCUT2D eigenvalue weighted by Gasteiger charge is 2.29. The van der Waals surface area contributed by atoms with Gasteiger partial charge in [-0.2, -0.15) is 0 Å². The van der Waals surface area contributed by atoms with Crippen molar-refractivity contribution in [2.45, 2.75) is 31.2 Å². The Bertz CT molecular complexity index is 1050. The van der Waals surface area contributed by atoms with Gasteiger partial charge in [0, 0.05) is 34.1 Å². The van der Waals surface area contributed by atoms with Gasteiger partial charge in [-0.25, -0.2) is 4.98 Å². The van der Waals surface area contributed by atoms with Crippen LogP contribution < -0.4 is 5.73 Å². The molecule has 3 aromatic rings. The highest BCUT2D eigenvalue weighted by atomic mass is 35.5. The number of aromatic nitrogens is 2. The fourth-order valence-electron chi connectivity index (χ4n) is 3.84.